The number of thioether (sulfide) groups is 1. The number of halogens is 4. The van der Waals surface area contributed by atoms with Crippen molar-refractivity contribution in [1.82, 2.24) is 0 Å². The average Bonchev–Trinajstić information content (AvgIpc) is 2.41. The summed E-state index contributed by atoms with van der Waals surface area (Å²) in [6.07, 6.45) is 1.11. The first kappa shape index (κ1) is 18.5. The first-order chi connectivity index (χ1) is 9.95. The molecule has 0 radical (unpaired) electrons. The molecule has 0 amide bonds. The van der Waals surface area contributed by atoms with Crippen LogP contribution in [0.2, 0.25) is 5.02 Å². The minimum absolute atomic E-state index is 0. The minimum Gasteiger partial charge on any atom is -0.393 e. The highest BCUT2D eigenvalue weighted by Crippen LogP contribution is 2.25. The molecule has 116 valence electrons. The number of rotatable bonds is 4. The lowest BCUT2D eigenvalue weighted by molar-refractivity contribution is 0.104. The maximum Gasteiger partial charge on any atom is 0.191 e. The van der Waals surface area contributed by atoms with Crippen LogP contribution in [0.1, 0.15) is 10.4 Å². The first-order valence-electron chi connectivity index (χ1n) is 5.85. The van der Waals surface area contributed by atoms with Crippen molar-refractivity contribution in [1.29, 1.82) is 0 Å². The summed E-state index contributed by atoms with van der Waals surface area (Å²) < 4.78 is 26.3. The van der Waals surface area contributed by atoms with E-state index in [1.807, 2.05) is 0 Å². The van der Waals surface area contributed by atoms with E-state index < -0.39 is 17.4 Å². The van der Waals surface area contributed by atoms with Crippen molar-refractivity contribution in [2.45, 2.75) is 4.90 Å². The molecule has 22 heavy (non-hydrogen) atoms. The summed E-state index contributed by atoms with van der Waals surface area (Å²) in [6, 6.07) is 9.64. The fourth-order valence-corrected chi connectivity index (χ4v) is 2.40. The van der Waals surface area contributed by atoms with Crippen molar-refractivity contribution < 1.29 is 13.6 Å². The van der Waals surface area contributed by atoms with Crippen molar-refractivity contribution in [3.05, 3.63) is 75.8 Å². The zero-order valence-corrected chi connectivity index (χ0v) is 13.4. The summed E-state index contributed by atoms with van der Waals surface area (Å²) >= 11 is 6.91. The van der Waals surface area contributed by atoms with Gasteiger partial charge in [-0.1, -0.05) is 23.4 Å². The van der Waals surface area contributed by atoms with E-state index in [1.54, 1.807) is 24.3 Å². The number of hydrogen-bond donors (Lipinski definition) is 1. The zero-order chi connectivity index (χ0) is 15.4. The van der Waals surface area contributed by atoms with Gasteiger partial charge in [-0.3, -0.25) is 4.79 Å². The second kappa shape index (κ2) is 8.17. The lowest BCUT2D eigenvalue weighted by Crippen LogP contribution is -2.03. The normalized spacial score (nSPS) is 11.0. The van der Waals surface area contributed by atoms with Gasteiger partial charge >= 0.3 is 0 Å². The van der Waals surface area contributed by atoms with E-state index in [0.29, 0.717) is 11.1 Å². The molecule has 0 fully saturated rings. The summed E-state index contributed by atoms with van der Waals surface area (Å²) in [7, 11) is 0. The molecule has 0 spiro atoms. The number of ketones is 1. The molecule has 0 aliphatic heterocycles. The second-order valence-corrected chi connectivity index (χ2v) is 5.67. The fourth-order valence-electron chi connectivity index (χ4n) is 1.56. The Morgan fingerprint density at radius 3 is 2.36 bits per heavy atom. The Labute approximate surface area is 141 Å². The third kappa shape index (κ3) is 5.02. The fraction of sp³-hybridized carbons (Fsp3) is 0. The summed E-state index contributed by atoms with van der Waals surface area (Å²) in [5, 5.41) is 0.789. The van der Waals surface area contributed by atoms with Gasteiger partial charge in [-0.25, -0.2) is 8.78 Å². The Hall–Kier alpha value is -1.56. The molecule has 7 heteroatoms. The average molecular weight is 362 g/mol. The number of benzene rings is 2. The van der Waals surface area contributed by atoms with E-state index in [-0.39, 0.29) is 23.0 Å². The molecule has 0 saturated heterocycles. The van der Waals surface area contributed by atoms with Crippen LogP contribution in [0.25, 0.3) is 0 Å². The van der Waals surface area contributed by atoms with Crippen LogP contribution in [-0.4, -0.2) is 5.78 Å². The van der Waals surface area contributed by atoms with E-state index >= 15 is 0 Å². The molecule has 0 atom stereocenters. The van der Waals surface area contributed by atoms with Gasteiger partial charge in [0.2, 0.25) is 0 Å². The van der Waals surface area contributed by atoms with E-state index in [9.17, 15) is 13.6 Å². The molecule has 0 aliphatic rings. The van der Waals surface area contributed by atoms with Gasteiger partial charge in [-0.15, -0.1) is 12.4 Å². The number of nitrogens with two attached hydrogens (primary N) is 1. The summed E-state index contributed by atoms with van der Waals surface area (Å²) in [6.45, 7) is 0. The first-order valence-corrected chi connectivity index (χ1v) is 7.05. The number of carbonyl (C=O) groups excluding carboxylic acids is 1. The largest absolute Gasteiger partial charge is 0.393 e. The third-order valence-electron chi connectivity index (χ3n) is 2.52. The topological polar surface area (TPSA) is 43.1 Å². The molecule has 2 aromatic rings. The molecule has 2 aromatic carbocycles. The molecule has 2 N–H and O–H groups in total. The highest BCUT2D eigenvalue weighted by Gasteiger charge is 2.11. The maximum atomic E-state index is 13.5. The molecule has 0 unspecified atom stereocenters. The monoisotopic (exact) mass is 361 g/mol. The van der Waals surface area contributed by atoms with Gasteiger partial charge in [0.05, 0.1) is 10.6 Å². The predicted octanol–water partition coefficient (Wildman–Crippen LogP) is 4.82. The number of hydrogen-bond acceptors (Lipinski definition) is 3. The number of allylic oxidation sites excluding steroid dienone is 1. The van der Waals surface area contributed by atoms with E-state index in [4.69, 9.17) is 17.3 Å². The molecule has 0 aromatic heterocycles. The van der Waals surface area contributed by atoms with Gasteiger partial charge in [0, 0.05) is 22.1 Å². The van der Waals surface area contributed by atoms with Gasteiger partial charge in [-0.2, -0.15) is 0 Å². The molecule has 2 nitrogen and oxygen atoms in total. The molecule has 0 heterocycles. The Bertz CT molecular complexity index is 705. The standard InChI is InChI=1S/C15H10ClF2NOS.ClH/c16-9-1-4-11(5-2-9)21-15(19)8-14(20)12-6-3-10(17)7-13(12)18;/h1-8H,19H2;1H/b15-8-;. The van der Waals surface area contributed by atoms with E-state index in [0.717, 1.165) is 34.9 Å². The van der Waals surface area contributed by atoms with E-state index in [1.165, 1.54) is 0 Å². The van der Waals surface area contributed by atoms with E-state index in [2.05, 4.69) is 0 Å². The SMILES string of the molecule is Cl.N/C(=C/C(=O)c1ccc(F)cc1F)Sc1ccc(Cl)cc1. The van der Waals surface area contributed by atoms with Crippen molar-refractivity contribution in [3.63, 3.8) is 0 Å². The maximum absolute atomic E-state index is 13.5. The quantitative estimate of drug-likeness (QED) is 0.482. The predicted molar refractivity (Wildman–Crippen MR) is 87.5 cm³/mol. The van der Waals surface area contributed by atoms with Crippen LogP contribution in [0.3, 0.4) is 0 Å². The molecular formula is C15H11Cl2F2NOS. The van der Waals surface area contributed by atoms with Crippen molar-refractivity contribution in [3.8, 4) is 0 Å². The summed E-state index contributed by atoms with van der Waals surface area (Å²) in [5.74, 6) is -2.27. The third-order valence-corrected chi connectivity index (χ3v) is 3.63. The van der Waals surface area contributed by atoms with Gasteiger partial charge in [0.1, 0.15) is 11.6 Å². The zero-order valence-electron chi connectivity index (χ0n) is 11.1. The Balaban J connectivity index is 0.00000242. The molecular weight excluding hydrogens is 351 g/mol. The van der Waals surface area contributed by atoms with Gasteiger partial charge in [0.15, 0.2) is 5.78 Å². The van der Waals surface area contributed by atoms with Crippen LogP contribution >= 0.6 is 35.8 Å². The lowest BCUT2D eigenvalue weighted by Gasteiger charge is -2.03. The summed E-state index contributed by atoms with van der Waals surface area (Å²) in [4.78, 5) is 12.7. The molecule has 0 bridgehead atoms. The van der Waals surface area contributed by atoms with Gasteiger partial charge < -0.3 is 5.73 Å². The highest BCUT2D eigenvalue weighted by molar-refractivity contribution is 8.03. The minimum atomic E-state index is -0.916. The van der Waals surface area contributed by atoms with Crippen LogP contribution in [0.5, 0.6) is 0 Å². The Morgan fingerprint density at radius 1 is 1.14 bits per heavy atom. The van der Waals surface area contributed by atoms with Crippen molar-refractivity contribution >= 4 is 41.6 Å². The highest BCUT2D eigenvalue weighted by atomic mass is 35.5. The molecule has 0 saturated carbocycles. The second-order valence-electron chi connectivity index (χ2n) is 4.09. The lowest BCUT2D eigenvalue weighted by atomic mass is 10.1. The van der Waals surface area contributed by atoms with Crippen molar-refractivity contribution in [2.24, 2.45) is 5.73 Å². The van der Waals surface area contributed by atoms with Crippen LogP contribution in [0.4, 0.5) is 8.78 Å². The Kier molecular flexibility index (Phi) is 6.87. The molecule has 0 aliphatic carbocycles. The molecule has 2 rings (SSSR count). The van der Waals surface area contributed by atoms with Crippen molar-refractivity contribution in [2.75, 3.05) is 0 Å². The smallest absolute Gasteiger partial charge is 0.191 e. The van der Waals surface area contributed by atoms with Gasteiger partial charge in [0.25, 0.3) is 0 Å². The van der Waals surface area contributed by atoms with Crippen LogP contribution in [0, 0.1) is 11.6 Å². The summed E-state index contributed by atoms with van der Waals surface area (Å²) in [5.41, 5.74) is 5.51. The van der Waals surface area contributed by atoms with Crippen LogP contribution in [0.15, 0.2) is 58.5 Å². The van der Waals surface area contributed by atoms with Gasteiger partial charge in [-0.05, 0) is 36.4 Å². The number of carbonyl (C=O) groups is 1. The Morgan fingerprint density at radius 2 is 1.77 bits per heavy atom. The van der Waals surface area contributed by atoms with Crippen LogP contribution < -0.4 is 5.73 Å². The van der Waals surface area contributed by atoms with Crippen LogP contribution in [-0.2, 0) is 0 Å².